The largest absolute Gasteiger partial charge is 0.491 e. The van der Waals surface area contributed by atoms with Gasteiger partial charge < -0.3 is 20.1 Å². The lowest BCUT2D eigenvalue weighted by molar-refractivity contribution is 0.0860. The smallest absolute Gasteiger partial charge is 0.224 e. The highest BCUT2D eigenvalue weighted by Crippen LogP contribution is 2.29. The summed E-state index contributed by atoms with van der Waals surface area (Å²) in [7, 11) is 3.82. The molecular formula is C17H22N4O2. The first-order valence-corrected chi connectivity index (χ1v) is 7.67. The number of benzene rings is 1. The van der Waals surface area contributed by atoms with Gasteiger partial charge in [-0.2, -0.15) is 0 Å². The lowest BCUT2D eigenvalue weighted by Crippen LogP contribution is -2.56. The Morgan fingerprint density at radius 1 is 1.26 bits per heavy atom. The summed E-state index contributed by atoms with van der Waals surface area (Å²) in [6, 6.07) is 7.95. The van der Waals surface area contributed by atoms with E-state index in [0.717, 1.165) is 23.3 Å². The molecule has 0 amide bonds. The monoisotopic (exact) mass is 314 g/mol. The minimum Gasteiger partial charge on any atom is -0.491 e. The molecule has 1 aromatic carbocycles. The Morgan fingerprint density at radius 3 is 2.70 bits per heavy atom. The fourth-order valence-electron chi connectivity index (χ4n) is 2.65. The first kappa shape index (κ1) is 15.7. The van der Waals surface area contributed by atoms with Gasteiger partial charge in [0.15, 0.2) is 0 Å². The van der Waals surface area contributed by atoms with Crippen LogP contribution in [0.1, 0.15) is 11.1 Å². The lowest BCUT2D eigenvalue weighted by Gasteiger charge is -2.37. The second-order valence-electron chi connectivity index (χ2n) is 6.15. The highest BCUT2D eigenvalue weighted by molar-refractivity contribution is 5.37. The van der Waals surface area contributed by atoms with Crippen LogP contribution in [0.3, 0.4) is 0 Å². The number of nitrogens with zero attached hydrogens (tertiary/aromatic N) is 3. The van der Waals surface area contributed by atoms with Crippen molar-refractivity contribution in [1.82, 2.24) is 15.3 Å². The minimum atomic E-state index is -0.478. The number of ether oxygens (including phenoxy) is 1. The number of aliphatic hydroxyl groups is 1. The highest BCUT2D eigenvalue weighted by atomic mass is 16.5. The Morgan fingerprint density at radius 2 is 2.00 bits per heavy atom. The van der Waals surface area contributed by atoms with Crippen LogP contribution >= 0.6 is 0 Å². The standard InChI is InChI=1S/C17H22N4O2/c1-21(2)16-18-8-13(9-19-16)10-20-17(11-22)7-14-5-3-4-6-15(14)23-12-17/h3-6,8-9,20,22H,7,10-12H2,1-2H3/t17-/m1/s1. The van der Waals surface area contributed by atoms with Crippen LogP contribution in [0.15, 0.2) is 36.7 Å². The van der Waals surface area contributed by atoms with Crippen LogP contribution in [0.5, 0.6) is 5.75 Å². The molecule has 0 fully saturated rings. The van der Waals surface area contributed by atoms with E-state index >= 15 is 0 Å². The van der Waals surface area contributed by atoms with Gasteiger partial charge in [0.05, 0.1) is 12.1 Å². The highest BCUT2D eigenvalue weighted by Gasteiger charge is 2.34. The number of rotatable bonds is 5. The number of nitrogens with one attached hydrogen (secondary N) is 1. The molecule has 0 radical (unpaired) electrons. The van der Waals surface area contributed by atoms with Gasteiger partial charge in [0, 0.05) is 38.6 Å². The van der Waals surface area contributed by atoms with E-state index in [1.165, 1.54) is 0 Å². The molecule has 2 heterocycles. The van der Waals surface area contributed by atoms with E-state index in [4.69, 9.17) is 4.74 Å². The first-order chi connectivity index (χ1) is 11.1. The van der Waals surface area contributed by atoms with Gasteiger partial charge in [0.1, 0.15) is 12.4 Å². The van der Waals surface area contributed by atoms with Gasteiger partial charge in [-0.05, 0) is 18.1 Å². The Hall–Kier alpha value is -2.18. The molecule has 0 aliphatic carbocycles. The molecule has 0 saturated heterocycles. The van der Waals surface area contributed by atoms with E-state index in [0.29, 0.717) is 19.1 Å². The van der Waals surface area contributed by atoms with Crippen molar-refractivity contribution < 1.29 is 9.84 Å². The molecule has 0 saturated carbocycles. The molecule has 3 rings (SSSR count). The molecule has 6 nitrogen and oxygen atoms in total. The van der Waals surface area contributed by atoms with Crippen molar-refractivity contribution in [2.75, 3.05) is 32.2 Å². The van der Waals surface area contributed by atoms with E-state index < -0.39 is 5.54 Å². The number of aliphatic hydroxyl groups excluding tert-OH is 1. The average Bonchev–Trinajstić information content (AvgIpc) is 2.60. The van der Waals surface area contributed by atoms with E-state index in [2.05, 4.69) is 15.3 Å². The molecule has 2 aromatic rings. The van der Waals surface area contributed by atoms with Crippen LogP contribution in [0, 0.1) is 0 Å². The van der Waals surface area contributed by atoms with Crippen molar-refractivity contribution in [2.24, 2.45) is 0 Å². The number of aromatic nitrogens is 2. The second kappa shape index (κ2) is 6.52. The summed E-state index contributed by atoms with van der Waals surface area (Å²) < 4.78 is 5.81. The lowest BCUT2D eigenvalue weighted by atomic mass is 9.89. The summed E-state index contributed by atoms with van der Waals surface area (Å²) in [6.45, 7) is 1.04. The fourth-order valence-corrected chi connectivity index (χ4v) is 2.65. The Bertz CT molecular complexity index is 660. The van der Waals surface area contributed by atoms with Gasteiger partial charge in [-0.1, -0.05) is 18.2 Å². The van der Waals surface area contributed by atoms with Gasteiger partial charge in [0.25, 0.3) is 0 Å². The predicted octanol–water partition coefficient (Wildman–Crippen LogP) is 0.998. The Balaban J connectivity index is 1.68. The summed E-state index contributed by atoms with van der Waals surface area (Å²) >= 11 is 0. The van der Waals surface area contributed by atoms with Crippen LogP contribution in [0.4, 0.5) is 5.95 Å². The third kappa shape index (κ3) is 3.43. The molecule has 23 heavy (non-hydrogen) atoms. The molecule has 1 aliphatic heterocycles. The number of hydrogen-bond donors (Lipinski definition) is 2. The molecule has 2 N–H and O–H groups in total. The summed E-state index contributed by atoms with van der Waals surface area (Å²) in [5.74, 6) is 1.58. The van der Waals surface area contributed by atoms with E-state index in [9.17, 15) is 5.11 Å². The summed E-state index contributed by atoms with van der Waals surface area (Å²) in [5, 5.41) is 13.3. The van der Waals surface area contributed by atoms with Crippen molar-refractivity contribution in [3.63, 3.8) is 0 Å². The van der Waals surface area contributed by atoms with Gasteiger partial charge in [-0.3, -0.25) is 0 Å². The number of para-hydroxylation sites is 1. The van der Waals surface area contributed by atoms with Crippen molar-refractivity contribution in [1.29, 1.82) is 0 Å². The van der Waals surface area contributed by atoms with Gasteiger partial charge in [-0.25, -0.2) is 9.97 Å². The molecule has 1 aromatic heterocycles. The molecule has 6 heteroatoms. The van der Waals surface area contributed by atoms with Gasteiger partial charge in [-0.15, -0.1) is 0 Å². The van der Waals surface area contributed by atoms with Gasteiger partial charge in [0.2, 0.25) is 5.95 Å². The van der Waals surface area contributed by atoms with Crippen LogP contribution in [-0.4, -0.2) is 47.9 Å². The minimum absolute atomic E-state index is 0.0119. The third-order valence-corrected chi connectivity index (χ3v) is 4.07. The quantitative estimate of drug-likeness (QED) is 0.858. The van der Waals surface area contributed by atoms with E-state index in [1.54, 1.807) is 12.4 Å². The fraction of sp³-hybridized carbons (Fsp3) is 0.412. The second-order valence-corrected chi connectivity index (χ2v) is 6.15. The predicted molar refractivity (Wildman–Crippen MR) is 88.7 cm³/mol. The van der Waals surface area contributed by atoms with Crippen LogP contribution in [0.25, 0.3) is 0 Å². The number of fused-ring (bicyclic) bond motifs is 1. The molecule has 1 aliphatic rings. The van der Waals surface area contributed by atoms with Crippen LogP contribution < -0.4 is 15.0 Å². The zero-order chi connectivity index (χ0) is 16.3. The maximum absolute atomic E-state index is 9.88. The molecule has 122 valence electrons. The summed E-state index contributed by atoms with van der Waals surface area (Å²) in [6.07, 6.45) is 4.34. The summed E-state index contributed by atoms with van der Waals surface area (Å²) in [4.78, 5) is 10.5. The summed E-state index contributed by atoms with van der Waals surface area (Å²) in [5.41, 5.74) is 1.61. The van der Waals surface area contributed by atoms with Crippen LogP contribution in [0.2, 0.25) is 0 Å². The SMILES string of the molecule is CN(C)c1ncc(CN[C@]2(CO)COc3ccccc3C2)cn1. The van der Waals surface area contributed by atoms with Crippen molar-refractivity contribution >= 4 is 5.95 Å². The number of hydrogen-bond acceptors (Lipinski definition) is 6. The average molecular weight is 314 g/mol. The zero-order valence-corrected chi connectivity index (χ0v) is 13.5. The molecule has 1 atom stereocenters. The van der Waals surface area contributed by atoms with E-state index in [1.807, 2.05) is 43.3 Å². The molecular weight excluding hydrogens is 292 g/mol. The maximum atomic E-state index is 9.88. The maximum Gasteiger partial charge on any atom is 0.224 e. The van der Waals surface area contributed by atoms with Crippen molar-refractivity contribution in [3.05, 3.63) is 47.8 Å². The Labute approximate surface area is 136 Å². The van der Waals surface area contributed by atoms with Crippen molar-refractivity contribution in [3.8, 4) is 5.75 Å². The topological polar surface area (TPSA) is 70.5 Å². The third-order valence-electron chi connectivity index (χ3n) is 4.07. The van der Waals surface area contributed by atoms with Crippen LogP contribution in [-0.2, 0) is 13.0 Å². The molecule has 0 bridgehead atoms. The zero-order valence-electron chi connectivity index (χ0n) is 13.5. The van der Waals surface area contributed by atoms with E-state index in [-0.39, 0.29) is 6.61 Å². The number of anilines is 1. The Kier molecular flexibility index (Phi) is 4.45. The van der Waals surface area contributed by atoms with Gasteiger partial charge >= 0.3 is 0 Å². The normalized spacial score (nSPS) is 19.8. The van der Waals surface area contributed by atoms with Crippen molar-refractivity contribution in [2.45, 2.75) is 18.5 Å². The first-order valence-electron chi connectivity index (χ1n) is 7.67. The molecule has 0 unspecified atom stereocenters. The molecule has 0 spiro atoms.